The number of nitrogens with one attached hydrogen (secondary N) is 1. The van der Waals surface area contributed by atoms with E-state index in [1.165, 1.54) is 0 Å². The van der Waals surface area contributed by atoms with E-state index in [9.17, 15) is 4.79 Å². The molecule has 1 aliphatic carbocycles. The number of nitrogens with zero attached hydrogens (tertiary/aromatic N) is 3. The quantitative estimate of drug-likeness (QED) is 0.873. The lowest BCUT2D eigenvalue weighted by molar-refractivity contribution is -0.133. The lowest BCUT2D eigenvalue weighted by Gasteiger charge is -2.26. The normalized spacial score (nSPS) is 20.0. The summed E-state index contributed by atoms with van der Waals surface area (Å²) in [6.07, 6.45) is 5.20. The number of amides is 1. The Hall–Kier alpha value is -1.46. The highest BCUT2D eigenvalue weighted by molar-refractivity contribution is 5.79. The molecule has 1 aliphatic heterocycles. The first-order valence-corrected chi connectivity index (χ1v) is 7.95. The predicted octanol–water partition coefficient (Wildman–Crippen LogP) is 0.868. The third kappa shape index (κ3) is 4.25. The summed E-state index contributed by atoms with van der Waals surface area (Å²) in [6, 6.07) is 6.33. The first-order chi connectivity index (χ1) is 10.3. The molecule has 1 N–H and O–H groups in total. The summed E-state index contributed by atoms with van der Waals surface area (Å²) in [6.45, 7) is 5.22. The van der Waals surface area contributed by atoms with Gasteiger partial charge in [-0.05, 0) is 44.5 Å². The van der Waals surface area contributed by atoms with Crippen LogP contribution in [0.1, 0.15) is 25.0 Å². The summed E-state index contributed by atoms with van der Waals surface area (Å²) in [5.74, 6) is 0.255. The summed E-state index contributed by atoms with van der Waals surface area (Å²) in [5.41, 5.74) is 0.982. The SMILES string of the molecule is O=C(CN1CCCNCC1)N(Cc1ccccn1)C1CC1. The van der Waals surface area contributed by atoms with Gasteiger partial charge in [0.15, 0.2) is 0 Å². The van der Waals surface area contributed by atoms with Crippen LogP contribution in [0.15, 0.2) is 24.4 Å². The molecule has 1 saturated heterocycles. The van der Waals surface area contributed by atoms with Crippen molar-refractivity contribution in [3.63, 3.8) is 0 Å². The topological polar surface area (TPSA) is 48.5 Å². The zero-order valence-corrected chi connectivity index (χ0v) is 12.5. The van der Waals surface area contributed by atoms with Crippen molar-refractivity contribution in [2.45, 2.75) is 31.8 Å². The van der Waals surface area contributed by atoms with Gasteiger partial charge in [0.1, 0.15) is 0 Å². The second-order valence-corrected chi connectivity index (χ2v) is 5.95. The van der Waals surface area contributed by atoms with Gasteiger partial charge < -0.3 is 10.2 Å². The van der Waals surface area contributed by atoms with Crippen LogP contribution in [0.2, 0.25) is 0 Å². The molecule has 0 aromatic carbocycles. The number of rotatable bonds is 5. The molecule has 0 unspecified atom stereocenters. The van der Waals surface area contributed by atoms with Crippen molar-refractivity contribution < 1.29 is 4.79 Å². The maximum Gasteiger partial charge on any atom is 0.237 e. The van der Waals surface area contributed by atoms with Crippen LogP contribution in [0.3, 0.4) is 0 Å². The minimum atomic E-state index is 0.255. The molecule has 0 radical (unpaired) electrons. The highest BCUT2D eigenvalue weighted by Crippen LogP contribution is 2.28. The van der Waals surface area contributed by atoms with Gasteiger partial charge in [0.2, 0.25) is 5.91 Å². The van der Waals surface area contributed by atoms with Crippen LogP contribution in [0, 0.1) is 0 Å². The van der Waals surface area contributed by atoms with Crippen LogP contribution in [0.25, 0.3) is 0 Å². The fourth-order valence-electron chi connectivity index (χ4n) is 2.82. The summed E-state index contributed by atoms with van der Waals surface area (Å²) < 4.78 is 0. The van der Waals surface area contributed by atoms with Gasteiger partial charge in [0, 0.05) is 25.3 Å². The summed E-state index contributed by atoms with van der Waals surface area (Å²) >= 11 is 0. The Morgan fingerprint density at radius 2 is 2.24 bits per heavy atom. The molecule has 1 aromatic rings. The van der Waals surface area contributed by atoms with Gasteiger partial charge in [-0.1, -0.05) is 6.07 Å². The molecule has 0 spiro atoms. The first kappa shape index (κ1) is 14.5. The monoisotopic (exact) mass is 288 g/mol. The molecular formula is C16H24N4O. The van der Waals surface area contributed by atoms with Crippen molar-refractivity contribution in [2.24, 2.45) is 0 Å². The van der Waals surface area contributed by atoms with E-state index in [0.717, 1.165) is 51.1 Å². The van der Waals surface area contributed by atoms with Crippen LogP contribution in [0.4, 0.5) is 0 Å². The van der Waals surface area contributed by atoms with Crippen LogP contribution < -0.4 is 5.32 Å². The minimum absolute atomic E-state index is 0.255. The van der Waals surface area contributed by atoms with E-state index in [0.29, 0.717) is 19.1 Å². The Kier molecular flexibility index (Phi) is 4.83. The van der Waals surface area contributed by atoms with Crippen molar-refractivity contribution in [1.29, 1.82) is 0 Å². The van der Waals surface area contributed by atoms with Gasteiger partial charge >= 0.3 is 0 Å². The zero-order chi connectivity index (χ0) is 14.5. The maximum absolute atomic E-state index is 12.6. The Balaban J connectivity index is 1.59. The Labute approximate surface area is 126 Å². The lowest BCUT2D eigenvalue weighted by Crippen LogP contribution is -2.42. The molecular weight excluding hydrogens is 264 g/mol. The zero-order valence-electron chi connectivity index (χ0n) is 12.5. The number of carbonyl (C=O) groups excluding carboxylic acids is 1. The average molecular weight is 288 g/mol. The summed E-state index contributed by atoms with van der Waals surface area (Å²) in [4.78, 5) is 21.3. The lowest BCUT2D eigenvalue weighted by atomic mass is 10.3. The molecule has 2 heterocycles. The van der Waals surface area contributed by atoms with Gasteiger partial charge in [-0.25, -0.2) is 0 Å². The van der Waals surface area contributed by atoms with Crippen molar-refractivity contribution in [1.82, 2.24) is 20.1 Å². The Bertz CT molecular complexity index is 453. The van der Waals surface area contributed by atoms with Crippen molar-refractivity contribution in [3.8, 4) is 0 Å². The van der Waals surface area contributed by atoms with E-state index in [2.05, 4.69) is 15.2 Å². The molecule has 2 aliphatic rings. The molecule has 114 valence electrons. The van der Waals surface area contributed by atoms with Gasteiger partial charge in [-0.15, -0.1) is 0 Å². The summed E-state index contributed by atoms with van der Waals surface area (Å²) in [7, 11) is 0. The van der Waals surface area contributed by atoms with Gasteiger partial charge in [-0.3, -0.25) is 14.7 Å². The predicted molar refractivity (Wildman–Crippen MR) is 81.7 cm³/mol. The van der Waals surface area contributed by atoms with Crippen molar-refractivity contribution in [2.75, 3.05) is 32.7 Å². The molecule has 1 saturated carbocycles. The third-order valence-corrected chi connectivity index (χ3v) is 4.16. The molecule has 1 amide bonds. The van der Waals surface area contributed by atoms with Gasteiger partial charge in [-0.2, -0.15) is 0 Å². The first-order valence-electron chi connectivity index (χ1n) is 7.95. The van der Waals surface area contributed by atoms with E-state index >= 15 is 0 Å². The highest BCUT2D eigenvalue weighted by atomic mass is 16.2. The molecule has 1 aromatic heterocycles. The van der Waals surface area contributed by atoms with E-state index in [4.69, 9.17) is 0 Å². The number of aromatic nitrogens is 1. The standard InChI is InChI=1S/C16H24N4O/c21-16(13-19-10-3-7-17-9-11-19)20(15-5-6-15)12-14-4-1-2-8-18-14/h1-2,4,8,15,17H,3,5-7,9-13H2. The molecule has 5 heteroatoms. The second-order valence-electron chi connectivity index (χ2n) is 5.95. The molecule has 21 heavy (non-hydrogen) atoms. The summed E-state index contributed by atoms with van der Waals surface area (Å²) in [5, 5.41) is 3.38. The van der Waals surface area contributed by atoms with Gasteiger partial charge in [0.25, 0.3) is 0 Å². The highest BCUT2D eigenvalue weighted by Gasteiger charge is 2.33. The molecule has 2 fully saturated rings. The number of hydrogen-bond acceptors (Lipinski definition) is 4. The minimum Gasteiger partial charge on any atom is -0.333 e. The fourth-order valence-corrected chi connectivity index (χ4v) is 2.82. The van der Waals surface area contributed by atoms with E-state index in [1.807, 2.05) is 23.1 Å². The Morgan fingerprint density at radius 3 is 3.00 bits per heavy atom. The number of pyridine rings is 1. The maximum atomic E-state index is 12.6. The van der Waals surface area contributed by atoms with Crippen LogP contribution in [-0.4, -0.2) is 59.5 Å². The smallest absolute Gasteiger partial charge is 0.237 e. The third-order valence-electron chi connectivity index (χ3n) is 4.16. The average Bonchev–Trinajstić information content (AvgIpc) is 3.33. The molecule has 0 atom stereocenters. The van der Waals surface area contributed by atoms with Crippen molar-refractivity contribution >= 4 is 5.91 Å². The van der Waals surface area contributed by atoms with Crippen molar-refractivity contribution in [3.05, 3.63) is 30.1 Å². The molecule has 0 bridgehead atoms. The number of carbonyl (C=O) groups is 1. The number of hydrogen-bond donors (Lipinski definition) is 1. The van der Waals surface area contributed by atoms with Crippen LogP contribution >= 0.6 is 0 Å². The second kappa shape index (κ2) is 7.00. The fraction of sp³-hybridized carbons (Fsp3) is 0.625. The van der Waals surface area contributed by atoms with Crippen LogP contribution in [-0.2, 0) is 11.3 Å². The van der Waals surface area contributed by atoms with Gasteiger partial charge in [0.05, 0.1) is 18.8 Å². The molecule has 5 nitrogen and oxygen atoms in total. The van der Waals surface area contributed by atoms with E-state index in [1.54, 1.807) is 6.20 Å². The Morgan fingerprint density at radius 1 is 1.33 bits per heavy atom. The molecule has 3 rings (SSSR count). The van der Waals surface area contributed by atoms with E-state index < -0.39 is 0 Å². The van der Waals surface area contributed by atoms with Crippen LogP contribution in [0.5, 0.6) is 0 Å². The van der Waals surface area contributed by atoms with E-state index in [-0.39, 0.29) is 5.91 Å². The largest absolute Gasteiger partial charge is 0.333 e.